The van der Waals surface area contributed by atoms with Crippen molar-refractivity contribution in [2.75, 3.05) is 13.1 Å². The number of carbonyl (C=O) groups is 2. The van der Waals surface area contributed by atoms with Gasteiger partial charge in [0.15, 0.2) is 0 Å². The molecule has 21 heavy (non-hydrogen) atoms. The Bertz CT molecular complexity index is 517. The molecule has 116 valence electrons. The summed E-state index contributed by atoms with van der Waals surface area (Å²) in [7, 11) is 0. The van der Waals surface area contributed by atoms with Gasteiger partial charge in [-0.3, -0.25) is 14.5 Å². The van der Waals surface area contributed by atoms with Crippen LogP contribution >= 0.6 is 0 Å². The molecule has 0 aliphatic heterocycles. The highest BCUT2D eigenvalue weighted by molar-refractivity contribution is 5.81. The average molecular weight is 296 g/mol. The zero-order valence-corrected chi connectivity index (χ0v) is 12.5. The summed E-state index contributed by atoms with van der Waals surface area (Å²) < 4.78 is 13.4. The van der Waals surface area contributed by atoms with E-state index in [1.54, 1.807) is 43.9 Å². The zero-order chi connectivity index (χ0) is 16.0. The summed E-state index contributed by atoms with van der Waals surface area (Å²) in [5, 5.41) is 11.8. The summed E-state index contributed by atoms with van der Waals surface area (Å²) in [6.07, 6.45) is 0. The second-order valence-corrected chi connectivity index (χ2v) is 5.25. The van der Waals surface area contributed by atoms with Gasteiger partial charge in [-0.05, 0) is 26.5 Å². The number of likely N-dealkylation sites (N-methyl/N-ethyl adjacent to an activating group) is 1. The van der Waals surface area contributed by atoms with Gasteiger partial charge in [-0.2, -0.15) is 0 Å². The van der Waals surface area contributed by atoms with E-state index in [2.05, 4.69) is 5.32 Å². The third-order valence-corrected chi connectivity index (χ3v) is 3.46. The van der Waals surface area contributed by atoms with E-state index in [9.17, 15) is 19.1 Å². The predicted molar refractivity (Wildman–Crippen MR) is 77.2 cm³/mol. The van der Waals surface area contributed by atoms with Gasteiger partial charge >= 0.3 is 5.97 Å². The monoisotopic (exact) mass is 296 g/mol. The Labute approximate surface area is 123 Å². The van der Waals surface area contributed by atoms with Gasteiger partial charge in [0.2, 0.25) is 5.91 Å². The fraction of sp³-hybridized carbons (Fsp3) is 0.467. The molecule has 0 saturated heterocycles. The number of carboxylic acid groups (broad SMARTS) is 1. The van der Waals surface area contributed by atoms with Crippen LogP contribution in [0.4, 0.5) is 4.39 Å². The molecule has 0 heterocycles. The number of amides is 1. The van der Waals surface area contributed by atoms with Crippen molar-refractivity contribution >= 4 is 11.9 Å². The van der Waals surface area contributed by atoms with Crippen molar-refractivity contribution in [3.63, 3.8) is 0 Å². The normalized spacial score (nSPS) is 11.5. The van der Waals surface area contributed by atoms with Gasteiger partial charge in [0.25, 0.3) is 0 Å². The molecule has 0 aromatic heterocycles. The molecular weight excluding hydrogens is 275 g/mol. The van der Waals surface area contributed by atoms with Gasteiger partial charge < -0.3 is 10.4 Å². The lowest BCUT2D eigenvalue weighted by atomic mass is 10.0. The molecule has 0 aliphatic rings. The van der Waals surface area contributed by atoms with Gasteiger partial charge in [-0.15, -0.1) is 0 Å². The first-order valence-corrected chi connectivity index (χ1v) is 6.77. The van der Waals surface area contributed by atoms with E-state index in [-0.39, 0.29) is 24.8 Å². The topological polar surface area (TPSA) is 69.6 Å². The van der Waals surface area contributed by atoms with Crippen LogP contribution in [0.2, 0.25) is 0 Å². The highest BCUT2D eigenvalue weighted by atomic mass is 19.1. The van der Waals surface area contributed by atoms with Crippen LogP contribution in [0.25, 0.3) is 0 Å². The van der Waals surface area contributed by atoms with Gasteiger partial charge in [0, 0.05) is 12.1 Å². The Morgan fingerprint density at radius 2 is 1.95 bits per heavy atom. The molecule has 1 rings (SSSR count). The SMILES string of the molecule is CCN(CC(=O)NCc1ccccc1F)C(C)(C)C(=O)O. The number of nitrogens with one attached hydrogen (secondary N) is 1. The molecular formula is C15H21FN2O3. The van der Waals surface area contributed by atoms with Crippen LogP contribution in [0.15, 0.2) is 24.3 Å². The minimum atomic E-state index is -1.13. The number of aliphatic carboxylic acids is 1. The van der Waals surface area contributed by atoms with Crippen molar-refractivity contribution in [2.24, 2.45) is 0 Å². The van der Waals surface area contributed by atoms with Crippen LogP contribution < -0.4 is 5.32 Å². The van der Waals surface area contributed by atoms with Crippen molar-refractivity contribution in [3.8, 4) is 0 Å². The molecule has 0 radical (unpaired) electrons. The van der Waals surface area contributed by atoms with E-state index in [0.29, 0.717) is 12.1 Å². The number of halogens is 1. The van der Waals surface area contributed by atoms with Crippen LogP contribution in [-0.2, 0) is 16.1 Å². The minimum absolute atomic E-state index is 0.0513. The smallest absolute Gasteiger partial charge is 0.323 e. The molecule has 5 nitrogen and oxygen atoms in total. The third kappa shape index (κ3) is 4.53. The quantitative estimate of drug-likeness (QED) is 0.802. The second-order valence-electron chi connectivity index (χ2n) is 5.25. The van der Waals surface area contributed by atoms with Gasteiger partial charge in [-0.1, -0.05) is 25.1 Å². The Kier molecular flexibility index (Phi) is 5.84. The van der Waals surface area contributed by atoms with Gasteiger partial charge in [0.1, 0.15) is 11.4 Å². The highest BCUT2D eigenvalue weighted by Crippen LogP contribution is 2.14. The standard InChI is InChI=1S/C15H21FN2O3/c1-4-18(15(2,3)14(20)21)10-13(19)17-9-11-7-5-6-8-12(11)16/h5-8H,4,9-10H2,1-3H3,(H,17,19)(H,20,21). The number of carboxylic acids is 1. The first kappa shape index (κ1) is 17.1. The van der Waals surface area contributed by atoms with Gasteiger partial charge in [0.05, 0.1) is 6.54 Å². The molecule has 0 unspecified atom stereocenters. The Balaban J connectivity index is 2.60. The van der Waals surface area contributed by atoms with Crippen LogP contribution in [0.3, 0.4) is 0 Å². The van der Waals surface area contributed by atoms with Crippen molar-refractivity contribution < 1.29 is 19.1 Å². The number of carbonyl (C=O) groups excluding carboxylic acids is 1. The number of benzene rings is 1. The molecule has 1 aromatic rings. The largest absolute Gasteiger partial charge is 0.480 e. The fourth-order valence-corrected chi connectivity index (χ4v) is 1.90. The predicted octanol–water partition coefficient (Wildman–Crippen LogP) is 1.63. The molecule has 0 bridgehead atoms. The van der Waals surface area contributed by atoms with Crippen LogP contribution in [0, 0.1) is 5.82 Å². The minimum Gasteiger partial charge on any atom is -0.480 e. The van der Waals surface area contributed by atoms with E-state index >= 15 is 0 Å². The number of rotatable bonds is 7. The molecule has 0 aliphatic carbocycles. The maximum absolute atomic E-state index is 13.4. The van der Waals surface area contributed by atoms with Crippen molar-refractivity contribution in [1.29, 1.82) is 0 Å². The molecule has 0 saturated carbocycles. The Morgan fingerprint density at radius 3 is 2.48 bits per heavy atom. The van der Waals surface area contributed by atoms with E-state index in [1.165, 1.54) is 6.07 Å². The number of hydrogen-bond donors (Lipinski definition) is 2. The average Bonchev–Trinajstić information content (AvgIpc) is 2.43. The van der Waals surface area contributed by atoms with Crippen molar-refractivity contribution in [3.05, 3.63) is 35.6 Å². The lowest BCUT2D eigenvalue weighted by Gasteiger charge is -2.33. The lowest BCUT2D eigenvalue weighted by Crippen LogP contribution is -2.53. The Morgan fingerprint density at radius 1 is 1.33 bits per heavy atom. The number of nitrogens with zero attached hydrogens (tertiary/aromatic N) is 1. The zero-order valence-electron chi connectivity index (χ0n) is 12.5. The molecule has 0 spiro atoms. The van der Waals surface area contributed by atoms with Crippen LogP contribution in [0.5, 0.6) is 0 Å². The molecule has 1 amide bonds. The third-order valence-electron chi connectivity index (χ3n) is 3.46. The van der Waals surface area contributed by atoms with E-state index in [0.717, 1.165) is 0 Å². The maximum atomic E-state index is 13.4. The fourth-order valence-electron chi connectivity index (χ4n) is 1.90. The number of hydrogen-bond acceptors (Lipinski definition) is 3. The summed E-state index contributed by atoms with van der Waals surface area (Å²) in [5.41, 5.74) is -0.740. The van der Waals surface area contributed by atoms with Crippen LogP contribution in [0.1, 0.15) is 26.3 Å². The van der Waals surface area contributed by atoms with E-state index in [1.807, 2.05) is 0 Å². The first-order valence-electron chi connectivity index (χ1n) is 6.77. The molecule has 1 aromatic carbocycles. The summed E-state index contributed by atoms with van der Waals surface area (Å²) in [5.74, 6) is -1.71. The molecule has 6 heteroatoms. The van der Waals surface area contributed by atoms with E-state index in [4.69, 9.17) is 0 Å². The van der Waals surface area contributed by atoms with Gasteiger partial charge in [-0.25, -0.2) is 4.39 Å². The lowest BCUT2D eigenvalue weighted by molar-refractivity contribution is -0.150. The highest BCUT2D eigenvalue weighted by Gasteiger charge is 2.34. The molecule has 2 N–H and O–H groups in total. The summed E-state index contributed by atoms with van der Waals surface area (Å²) in [6.45, 7) is 5.33. The summed E-state index contributed by atoms with van der Waals surface area (Å²) in [6, 6.07) is 6.19. The maximum Gasteiger partial charge on any atom is 0.323 e. The Hall–Kier alpha value is -1.95. The summed E-state index contributed by atoms with van der Waals surface area (Å²) >= 11 is 0. The van der Waals surface area contributed by atoms with Crippen molar-refractivity contribution in [2.45, 2.75) is 32.9 Å². The molecule has 0 fully saturated rings. The molecule has 0 atom stereocenters. The van der Waals surface area contributed by atoms with Crippen molar-refractivity contribution in [1.82, 2.24) is 10.2 Å². The second kappa shape index (κ2) is 7.17. The van der Waals surface area contributed by atoms with E-state index < -0.39 is 11.5 Å². The summed E-state index contributed by atoms with van der Waals surface area (Å²) in [4.78, 5) is 24.6. The van der Waals surface area contributed by atoms with Crippen LogP contribution in [-0.4, -0.2) is 40.5 Å². The first-order chi connectivity index (χ1) is 9.78.